The maximum absolute atomic E-state index is 13.2. The van der Waals surface area contributed by atoms with Crippen LogP contribution in [-0.4, -0.2) is 31.6 Å². The van der Waals surface area contributed by atoms with Crippen LogP contribution in [0.2, 0.25) is 0 Å². The number of nitrogens with two attached hydrogens (primary N) is 1. The van der Waals surface area contributed by atoms with Crippen LogP contribution in [0.25, 0.3) is 0 Å². The Kier molecular flexibility index (Phi) is 6.92. The van der Waals surface area contributed by atoms with Crippen LogP contribution in [0, 0.1) is 12.7 Å². The van der Waals surface area contributed by atoms with Crippen LogP contribution in [0.15, 0.2) is 18.2 Å². The molecule has 0 aliphatic carbocycles. The molecule has 1 heterocycles. The van der Waals surface area contributed by atoms with E-state index in [4.69, 9.17) is 5.73 Å². The van der Waals surface area contributed by atoms with E-state index in [2.05, 4.69) is 10.2 Å². The zero-order valence-corrected chi connectivity index (χ0v) is 13.1. The molecule has 0 saturated carbocycles. The summed E-state index contributed by atoms with van der Waals surface area (Å²) in [5.74, 6) is -0.203. The first-order valence-corrected chi connectivity index (χ1v) is 7.10. The highest BCUT2D eigenvalue weighted by molar-refractivity contribution is 5.85. The number of piperidine rings is 1. The standard InChI is InChI=1S/C15H22FN3O.ClH/c1-11-9-12(16)4-5-14(11)19-8-2-3-13(10-19)18-15(20)6-7-17;/h4-5,9,13H,2-3,6-8,10,17H2,1H3,(H,18,20);1H. The third-order valence-electron chi connectivity index (χ3n) is 3.66. The lowest BCUT2D eigenvalue weighted by Crippen LogP contribution is -2.48. The second-order valence-corrected chi connectivity index (χ2v) is 5.32. The number of aryl methyl sites for hydroxylation is 1. The number of carbonyl (C=O) groups excluding carboxylic acids is 1. The summed E-state index contributed by atoms with van der Waals surface area (Å²) in [7, 11) is 0. The summed E-state index contributed by atoms with van der Waals surface area (Å²) in [4.78, 5) is 13.8. The number of benzene rings is 1. The van der Waals surface area contributed by atoms with Gasteiger partial charge in [0, 0.05) is 37.8 Å². The molecule has 1 aliphatic heterocycles. The molecule has 1 aliphatic rings. The lowest BCUT2D eigenvalue weighted by atomic mass is 10.0. The number of rotatable bonds is 4. The van der Waals surface area contributed by atoms with Crippen molar-refractivity contribution >= 4 is 24.0 Å². The van der Waals surface area contributed by atoms with Gasteiger partial charge >= 0.3 is 0 Å². The van der Waals surface area contributed by atoms with Gasteiger partial charge in [0.05, 0.1) is 0 Å². The van der Waals surface area contributed by atoms with Gasteiger partial charge in [-0.3, -0.25) is 4.79 Å². The minimum atomic E-state index is -0.212. The summed E-state index contributed by atoms with van der Waals surface area (Å²) < 4.78 is 13.2. The Morgan fingerprint density at radius 2 is 2.29 bits per heavy atom. The molecule has 1 atom stereocenters. The molecule has 2 rings (SSSR count). The molecule has 6 heteroatoms. The van der Waals surface area contributed by atoms with Gasteiger partial charge in [-0.15, -0.1) is 12.4 Å². The molecule has 1 saturated heterocycles. The zero-order valence-electron chi connectivity index (χ0n) is 12.3. The predicted octanol–water partition coefficient (Wildman–Crippen LogP) is 1.99. The van der Waals surface area contributed by atoms with Crippen LogP contribution in [0.1, 0.15) is 24.8 Å². The fraction of sp³-hybridized carbons (Fsp3) is 0.533. The number of hydrogen-bond acceptors (Lipinski definition) is 3. The smallest absolute Gasteiger partial charge is 0.221 e. The fourth-order valence-electron chi connectivity index (χ4n) is 2.72. The SMILES string of the molecule is Cc1cc(F)ccc1N1CCCC(NC(=O)CCN)C1.Cl. The molecule has 0 aromatic heterocycles. The highest BCUT2D eigenvalue weighted by Crippen LogP contribution is 2.24. The fourth-order valence-corrected chi connectivity index (χ4v) is 2.72. The Morgan fingerprint density at radius 3 is 2.95 bits per heavy atom. The van der Waals surface area contributed by atoms with Gasteiger partial charge < -0.3 is 16.0 Å². The largest absolute Gasteiger partial charge is 0.369 e. The predicted molar refractivity (Wildman–Crippen MR) is 85.4 cm³/mol. The van der Waals surface area contributed by atoms with E-state index in [-0.39, 0.29) is 30.2 Å². The van der Waals surface area contributed by atoms with Crippen LogP contribution >= 0.6 is 12.4 Å². The molecular formula is C15H23ClFN3O. The van der Waals surface area contributed by atoms with Crippen molar-refractivity contribution in [3.63, 3.8) is 0 Å². The van der Waals surface area contributed by atoms with E-state index in [0.717, 1.165) is 37.2 Å². The van der Waals surface area contributed by atoms with Crippen molar-refractivity contribution < 1.29 is 9.18 Å². The van der Waals surface area contributed by atoms with Gasteiger partial charge in [-0.2, -0.15) is 0 Å². The Balaban J connectivity index is 0.00000220. The van der Waals surface area contributed by atoms with Gasteiger partial charge in [0.1, 0.15) is 5.82 Å². The first-order chi connectivity index (χ1) is 9.60. The topological polar surface area (TPSA) is 58.4 Å². The van der Waals surface area contributed by atoms with E-state index in [0.29, 0.717) is 13.0 Å². The van der Waals surface area contributed by atoms with E-state index in [1.165, 1.54) is 6.07 Å². The van der Waals surface area contributed by atoms with Crippen molar-refractivity contribution in [2.45, 2.75) is 32.2 Å². The lowest BCUT2D eigenvalue weighted by molar-refractivity contribution is -0.121. The number of nitrogens with zero attached hydrogens (tertiary/aromatic N) is 1. The zero-order chi connectivity index (χ0) is 14.5. The lowest BCUT2D eigenvalue weighted by Gasteiger charge is -2.35. The molecule has 0 bridgehead atoms. The van der Waals surface area contributed by atoms with Crippen LogP contribution < -0.4 is 16.0 Å². The van der Waals surface area contributed by atoms with Crippen molar-refractivity contribution in [3.05, 3.63) is 29.6 Å². The van der Waals surface area contributed by atoms with E-state index >= 15 is 0 Å². The van der Waals surface area contributed by atoms with Crippen molar-refractivity contribution in [3.8, 4) is 0 Å². The molecule has 4 nitrogen and oxygen atoms in total. The molecule has 3 N–H and O–H groups in total. The first-order valence-electron chi connectivity index (χ1n) is 7.10. The molecular weight excluding hydrogens is 293 g/mol. The summed E-state index contributed by atoms with van der Waals surface area (Å²) in [6.07, 6.45) is 2.36. The Morgan fingerprint density at radius 1 is 1.52 bits per heavy atom. The Hall–Kier alpha value is -1.33. The molecule has 1 aromatic carbocycles. The van der Waals surface area contributed by atoms with Crippen LogP contribution in [0.3, 0.4) is 0 Å². The normalized spacial score (nSPS) is 18.0. The minimum Gasteiger partial charge on any atom is -0.369 e. The number of anilines is 1. The van der Waals surface area contributed by atoms with Crippen LogP contribution in [0.4, 0.5) is 10.1 Å². The van der Waals surface area contributed by atoms with Gasteiger partial charge in [0.15, 0.2) is 0 Å². The summed E-state index contributed by atoms with van der Waals surface area (Å²) in [6.45, 7) is 3.99. The summed E-state index contributed by atoms with van der Waals surface area (Å²) in [5, 5.41) is 3.02. The van der Waals surface area contributed by atoms with Crippen molar-refractivity contribution in [1.82, 2.24) is 5.32 Å². The maximum Gasteiger partial charge on any atom is 0.221 e. The highest BCUT2D eigenvalue weighted by atomic mass is 35.5. The second-order valence-electron chi connectivity index (χ2n) is 5.32. The third-order valence-corrected chi connectivity index (χ3v) is 3.66. The summed E-state index contributed by atoms with van der Waals surface area (Å²) in [5.41, 5.74) is 7.36. The second kappa shape index (κ2) is 8.20. The minimum absolute atomic E-state index is 0. The van der Waals surface area contributed by atoms with E-state index in [9.17, 15) is 9.18 Å². The van der Waals surface area contributed by atoms with Gasteiger partial charge in [-0.25, -0.2) is 4.39 Å². The molecule has 1 unspecified atom stereocenters. The first kappa shape index (κ1) is 17.7. The monoisotopic (exact) mass is 315 g/mol. The molecule has 0 spiro atoms. The molecule has 21 heavy (non-hydrogen) atoms. The quantitative estimate of drug-likeness (QED) is 0.893. The van der Waals surface area contributed by atoms with Gasteiger partial charge in [-0.05, 0) is 43.5 Å². The molecule has 118 valence electrons. The highest BCUT2D eigenvalue weighted by Gasteiger charge is 2.22. The number of nitrogens with one attached hydrogen (secondary N) is 1. The van der Waals surface area contributed by atoms with E-state index in [1.54, 1.807) is 6.07 Å². The van der Waals surface area contributed by atoms with Gasteiger partial charge in [0.2, 0.25) is 5.91 Å². The molecule has 0 radical (unpaired) electrons. The van der Waals surface area contributed by atoms with Crippen molar-refractivity contribution in [1.29, 1.82) is 0 Å². The number of amides is 1. The molecule has 1 fully saturated rings. The molecule has 1 aromatic rings. The summed E-state index contributed by atoms with van der Waals surface area (Å²) in [6, 6.07) is 4.99. The van der Waals surface area contributed by atoms with Crippen LogP contribution in [-0.2, 0) is 4.79 Å². The van der Waals surface area contributed by atoms with E-state index < -0.39 is 0 Å². The number of halogens is 2. The Labute approximate surface area is 131 Å². The molecule has 1 amide bonds. The van der Waals surface area contributed by atoms with Gasteiger partial charge in [0.25, 0.3) is 0 Å². The van der Waals surface area contributed by atoms with Crippen LogP contribution in [0.5, 0.6) is 0 Å². The Bertz CT molecular complexity index is 484. The van der Waals surface area contributed by atoms with Gasteiger partial charge in [-0.1, -0.05) is 0 Å². The average molecular weight is 316 g/mol. The van der Waals surface area contributed by atoms with Crippen molar-refractivity contribution in [2.24, 2.45) is 5.73 Å². The maximum atomic E-state index is 13.2. The number of hydrogen-bond donors (Lipinski definition) is 2. The number of carbonyl (C=O) groups is 1. The summed E-state index contributed by atoms with van der Waals surface area (Å²) >= 11 is 0. The third kappa shape index (κ3) is 4.86. The average Bonchev–Trinajstić information content (AvgIpc) is 2.39. The van der Waals surface area contributed by atoms with Crippen molar-refractivity contribution in [2.75, 3.05) is 24.5 Å². The van der Waals surface area contributed by atoms with E-state index in [1.807, 2.05) is 13.0 Å².